The van der Waals surface area contributed by atoms with Crippen molar-refractivity contribution in [2.45, 2.75) is 23.6 Å². The van der Waals surface area contributed by atoms with Crippen molar-refractivity contribution >= 4 is 9.84 Å². The van der Waals surface area contributed by atoms with Crippen molar-refractivity contribution in [3.63, 3.8) is 0 Å². The van der Waals surface area contributed by atoms with Crippen molar-refractivity contribution in [3.05, 3.63) is 53.6 Å². The number of benzene rings is 2. The monoisotopic (exact) mass is 262 g/mol. The highest BCUT2D eigenvalue weighted by molar-refractivity contribution is 7.91. The minimum absolute atomic E-state index is 0.0568. The van der Waals surface area contributed by atoms with Crippen LogP contribution in [0.5, 0.6) is 5.75 Å². The molecule has 0 aliphatic rings. The molecule has 2 aromatic carbocycles. The molecule has 0 fully saturated rings. The van der Waals surface area contributed by atoms with Crippen LogP contribution < -0.4 is 0 Å². The summed E-state index contributed by atoms with van der Waals surface area (Å²) in [5.41, 5.74) is 1.54. The van der Waals surface area contributed by atoms with Gasteiger partial charge in [0, 0.05) is 0 Å². The van der Waals surface area contributed by atoms with Gasteiger partial charge in [-0.3, -0.25) is 0 Å². The number of hydrogen-bond acceptors (Lipinski definition) is 3. The molecular formula is C14H14O3S. The number of aromatic hydroxyl groups is 1. The second-order valence-electron chi connectivity index (χ2n) is 4.24. The van der Waals surface area contributed by atoms with E-state index in [2.05, 4.69) is 0 Å². The van der Waals surface area contributed by atoms with Crippen LogP contribution >= 0.6 is 0 Å². The summed E-state index contributed by atoms with van der Waals surface area (Å²) in [7, 11) is -3.67. The van der Waals surface area contributed by atoms with E-state index in [1.165, 1.54) is 12.1 Å². The van der Waals surface area contributed by atoms with Gasteiger partial charge in [-0.1, -0.05) is 24.3 Å². The van der Waals surface area contributed by atoms with Gasteiger partial charge in [0.25, 0.3) is 0 Å². The molecule has 1 N–H and O–H groups in total. The molecule has 0 bridgehead atoms. The average molecular weight is 262 g/mol. The first-order valence-electron chi connectivity index (χ1n) is 5.53. The minimum atomic E-state index is -3.67. The summed E-state index contributed by atoms with van der Waals surface area (Å²) in [6.07, 6.45) is 0. The lowest BCUT2D eigenvalue weighted by atomic mass is 10.2. The summed E-state index contributed by atoms with van der Waals surface area (Å²) in [6, 6.07) is 11.2. The van der Waals surface area contributed by atoms with Crippen LogP contribution in [0.15, 0.2) is 52.3 Å². The third-order valence-electron chi connectivity index (χ3n) is 2.79. The molecule has 94 valence electrons. The summed E-state index contributed by atoms with van der Waals surface area (Å²) < 4.78 is 24.9. The lowest BCUT2D eigenvalue weighted by Gasteiger charge is -2.10. The average Bonchev–Trinajstić information content (AvgIpc) is 2.32. The van der Waals surface area contributed by atoms with E-state index in [9.17, 15) is 13.5 Å². The molecular weight excluding hydrogens is 248 g/mol. The summed E-state index contributed by atoms with van der Waals surface area (Å²) in [6.45, 7) is 3.58. The number of aryl methyl sites for hydroxylation is 2. The molecule has 2 rings (SSSR count). The van der Waals surface area contributed by atoms with Gasteiger partial charge in [0.2, 0.25) is 9.84 Å². The van der Waals surface area contributed by atoms with Crippen LogP contribution in [-0.4, -0.2) is 13.5 Å². The smallest absolute Gasteiger partial charge is 0.210 e. The van der Waals surface area contributed by atoms with Gasteiger partial charge in [0.1, 0.15) is 10.6 Å². The molecule has 0 aliphatic carbocycles. The topological polar surface area (TPSA) is 54.4 Å². The largest absolute Gasteiger partial charge is 0.507 e. The molecule has 4 heteroatoms. The molecule has 0 saturated heterocycles. The Balaban J connectivity index is 2.70. The first-order chi connectivity index (χ1) is 8.43. The first kappa shape index (κ1) is 12.6. The van der Waals surface area contributed by atoms with E-state index in [1.54, 1.807) is 31.2 Å². The predicted octanol–water partition coefficient (Wildman–Crippen LogP) is 2.84. The Kier molecular flexibility index (Phi) is 3.13. The van der Waals surface area contributed by atoms with Crippen molar-refractivity contribution < 1.29 is 13.5 Å². The summed E-state index contributed by atoms with van der Waals surface area (Å²) in [4.78, 5) is 0.183. The Hall–Kier alpha value is -1.81. The number of hydrogen-bond donors (Lipinski definition) is 1. The lowest BCUT2D eigenvalue weighted by molar-refractivity contribution is 0.458. The van der Waals surface area contributed by atoms with Gasteiger partial charge in [0.05, 0.1) is 4.90 Å². The van der Waals surface area contributed by atoms with E-state index in [4.69, 9.17) is 0 Å². The summed E-state index contributed by atoms with van der Waals surface area (Å²) in [5, 5.41) is 9.69. The molecule has 0 unspecified atom stereocenters. The predicted molar refractivity (Wildman–Crippen MR) is 69.5 cm³/mol. The zero-order valence-corrected chi connectivity index (χ0v) is 11.0. The SMILES string of the molecule is Cc1ccc(C)c(S(=O)(=O)c2ccccc2O)c1. The quantitative estimate of drug-likeness (QED) is 0.905. The molecule has 0 radical (unpaired) electrons. The molecule has 2 aromatic rings. The molecule has 0 aromatic heterocycles. The third-order valence-corrected chi connectivity index (χ3v) is 4.73. The summed E-state index contributed by atoms with van der Waals surface area (Å²) in [5.74, 6) is -0.224. The number of para-hydroxylation sites is 1. The molecule has 0 spiro atoms. The van der Waals surface area contributed by atoms with E-state index in [1.807, 2.05) is 13.0 Å². The number of sulfone groups is 1. The van der Waals surface area contributed by atoms with Gasteiger partial charge in [-0.25, -0.2) is 8.42 Å². The van der Waals surface area contributed by atoms with E-state index >= 15 is 0 Å². The molecule has 0 amide bonds. The van der Waals surface area contributed by atoms with Gasteiger partial charge in [-0.2, -0.15) is 0 Å². The van der Waals surface area contributed by atoms with Crippen molar-refractivity contribution in [1.82, 2.24) is 0 Å². The van der Waals surface area contributed by atoms with Crippen molar-refractivity contribution in [1.29, 1.82) is 0 Å². The number of phenols is 1. The van der Waals surface area contributed by atoms with Crippen molar-refractivity contribution in [2.75, 3.05) is 0 Å². The fourth-order valence-corrected chi connectivity index (χ4v) is 3.47. The Morgan fingerprint density at radius 1 is 0.944 bits per heavy atom. The Labute approximate surface area is 107 Å². The first-order valence-corrected chi connectivity index (χ1v) is 7.01. The maximum absolute atomic E-state index is 12.5. The standard InChI is InChI=1S/C14H14O3S/c1-10-7-8-11(2)14(9-10)18(16,17)13-6-4-3-5-12(13)15/h3-9,15H,1-2H3. The molecule has 0 heterocycles. The molecule has 0 atom stereocenters. The zero-order chi connectivity index (χ0) is 13.3. The zero-order valence-electron chi connectivity index (χ0n) is 10.2. The third kappa shape index (κ3) is 2.11. The van der Waals surface area contributed by atoms with E-state index in [0.717, 1.165) is 5.56 Å². The highest BCUT2D eigenvalue weighted by Gasteiger charge is 2.22. The molecule has 0 saturated carbocycles. The normalized spacial score (nSPS) is 11.4. The second-order valence-corrected chi connectivity index (χ2v) is 6.13. The molecule has 18 heavy (non-hydrogen) atoms. The van der Waals surface area contributed by atoms with Gasteiger partial charge in [0.15, 0.2) is 0 Å². The highest BCUT2D eigenvalue weighted by Crippen LogP contribution is 2.30. The van der Waals surface area contributed by atoms with Crippen LogP contribution in [0, 0.1) is 13.8 Å². The van der Waals surface area contributed by atoms with Crippen LogP contribution in [0.1, 0.15) is 11.1 Å². The van der Waals surface area contributed by atoms with E-state index in [0.29, 0.717) is 5.56 Å². The van der Waals surface area contributed by atoms with Crippen LogP contribution in [-0.2, 0) is 9.84 Å². The van der Waals surface area contributed by atoms with Gasteiger partial charge in [-0.15, -0.1) is 0 Å². The molecule has 3 nitrogen and oxygen atoms in total. The minimum Gasteiger partial charge on any atom is -0.507 e. The van der Waals surface area contributed by atoms with Gasteiger partial charge >= 0.3 is 0 Å². The number of phenolic OH excluding ortho intramolecular Hbond substituents is 1. The fraction of sp³-hybridized carbons (Fsp3) is 0.143. The van der Waals surface area contributed by atoms with Crippen LogP contribution in [0.2, 0.25) is 0 Å². The molecule has 0 aliphatic heterocycles. The number of rotatable bonds is 2. The Bertz CT molecular complexity index is 688. The van der Waals surface area contributed by atoms with E-state index < -0.39 is 9.84 Å². The van der Waals surface area contributed by atoms with Crippen LogP contribution in [0.4, 0.5) is 0 Å². The highest BCUT2D eigenvalue weighted by atomic mass is 32.2. The van der Waals surface area contributed by atoms with Crippen molar-refractivity contribution in [2.24, 2.45) is 0 Å². The maximum atomic E-state index is 12.5. The fourth-order valence-electron chi connectivity index (χ4n) is 1.80. The Morgan fingerprint density at radius 2 is 1.61 bits per heavy atom. The van der Waals surface area contributed by atoms with Crippen molar-refractivity contribution in [3.8, 4) is 5.75 Å². The second kappa shape index (κ2) is 4.46. The van der Waals surface area contributed by atoms with Gasteiger partial charge in [-0.05, 0) is 43.2 Å². The lowest BCUT2D eigenvalue weighted by Crippen LogP contribution is -2.04. The maximum Gasteiger partial charge on any atom is 0.210 e. The van der Waals surface area contributed by atoms with Crippen LogP contribution in [0.25, 0.3) is 0 Å². The van der Waals surface area contributed by atoms with Crippen LogP contribution in [0.3, 0.4) is 0 Å². The van der Waals surface area contributed by atoms with E-state index in [-0.39, 0.29) is 15.5 Å². The van der Waals surface area contributed by atoms with Gasteiger partial charge < -0.3 is 5.11 Å². The summed E-state index contributed by atoms with van der Waals surface area (Å²) >= 11 is 0. The Morgan fingerprint density at radius 3 is 2.28 bits per heavy atom.